The first-order valence-electron chi connectivity index (χ1n) is 6.01. The predicted molar refractivity (Wildman–Crippen MR) is 73.2 cm³/mol. The van der Waals surface area contributed by atoms with Crippen molar-refractivity contribution in [2.45, 2.75) is 6.92 Å². The smallest absolute Gasteiger partial charge is 0.338 e. The van der Waals surface area contributed by atoms with E-state index in [1.165, 1.54) is 31.4 Å². The van der Waals surface area contributed by atoms with Gasteiger partial charge in [0.05, 0.1) is 24.3 Å². The molecule has 1 aromatic carbocycles. The van der Waals surface area contributed by atoms with Crippen molar-refractivity contribution < 1.29 is 19.4 Å². The zero-order valence-electron chi connectivity index (χ0n) is 11.5. The van der Waals surface area contributed by atoms with E-state index in [0.717, 1.165) is 0 Å². The molecule has 1 aromatic heterocycles. The van der Waals surface area contributed by atoms with Crippen LogP contribution < -0.4 is 4.74 Å². The van der Waals surface area contributed by atoms with Crippen LogP contribution >= 0.6 is 0 Å². The highest BCUT2D eigenvalue weighted by atomic mass is 16.5. The molecule has 0 saturated heterocycles. The SMILES string of the molecule is COC(=O)c1cc(O)cc(Oc2cc(C#N)cc(C)n2)c1. The number of aromatic hydroxyl groups is 1. The van der Waals surface area contributed by atoms with Crippen molar-refractivity contribution >= 4 is 5.97 Å². The van der Waals surface area contributed by atoms with Gasteiger partial charge in [-0.3, -0.25) is 0 Å². The molecular formula is C15H12N2O4. The molecule has 1 N–H and O–H groups in total. The minimum Gasteiger partial charge on any atom is -0.508 e. The van der Waals surface area contributed by atoms with Crippen LogP contribution in [0.2, 0.25) is 0 Å². The lowest BCUT2D eigenvalue weighted by Crippen LogP contribution is -2.01. The van der Waals surface area contributed by atoms with E-state index in [-0.39, 0.29) is 22.9 Å². The maximum absolute atomic E-state index is 11.5. The summed E-state index contributed by atoms with van der Waals surface area (Å²) in [6, 6.07) is 9.11. The molecule has 1 heterocycles. The maximum Gasteiger partial charge on any atom is 0.338 e. The van der Waals surface area contributed by atoms with E-state index in [9.17, 15) is 9.90 Å². The minimum absolute atomic E-state index is 0.138. The number of pyridine rings is 1. The van der Waals surface area contributed by atoms with Gasteiger partial charge in [0.15, 0.2) is 0 Å². The molecule has 2 aromatic rings. The van der Waals surface area contributed by atoms with Gasteiger partial charge in [-0.1, -0.05) is 0 Å². The van der Waals surface area contributed by atoms with Crippen molar-refractivity contribution in [2.75, 3.05) is 7.11 Å². The molecule has 0 bridgehead atoms. The van der Waals surface area contributed by atoms with Gasteiger partial charge in [0.25, 0.3) is 0 Å². The average Bonchev–Trinajstić information content (AvgIpc) is 2.45. The number of rotatable bonds is 3. The molecule has 6 nitrogen and oxygen atoms in total. The highest BCUT2D eigenvalue weighted by Gasteiger charge is 2.11. The summed E-state index contributed by atoms with van der Waals surface area (Å²) < 4.78 is 10.1. The zero-order valence-corrected chi connectivity index (χ0v) is 11.5. The summed E-state index contributed by atoms with van der Waals surface area (Å²) in [6.07, 6.45) is 0. The highest BCUT2D eigenvalue weighted by Crippen LogP contribution is 2.26. The Morgan fingerprint density at radius 2 is 2.05 bits per heavy atom. The van der Waals surface area contributed by atoms with Crippen LogP contribution in [0, 0.1) is 18.3 Å². The van der Waals surface area contributed by atoms with Gasteiger partial charge >= 0.3 is 5.97 Å². The number of hydrogen-bond acceptors (Lipinski definition) is 6. The number of nitrogens with zero attached hydrogens (tertiary/aromatic N) is 2. The van der Waals surface area contributed by atoms with Crippen molar-refractivity contribution in [3.8, 4) is 23.4 Å². The van der Waals surface area contributed by atoms with Crippen LogP contribution in [0.25, 0.3) is 0 Å². The van der Waals surface area contributed by atoms with Crippen LogP contribution in [0.3, 0.4) is 0 Å². The van der Waals surface area contributed by atoms with Gasteiger partial charge in [-0.2, -0.15) is 5.26 Å². The number of benzene rings is 1. The third-order valence-corrected chi connectivity index (χ3v) is 2.59. The number of phenols is 1. The molecule has 0 unspecified atom stereocenters. The molecule has 0 saturated carbocycles. The second-order valence-corrected chi connectivity index (χ2v) is 4.26. The standard InChI is InChI=1S/C15H12N2O4/c1-9-3-10(8-16)4-14(17-9)21-13-6-11(15(19)20-2)5-12(18)7-13/h3-7,18H,1-2H3. The predicted octanol–water partition coefficient (Wildman–Crippen LogP) is 2.55. The normalized spacial score (nSPS) is 9.76. The third-order valence-electron chi connectivity index (χ3n) is 2.59. The highest BCUT2D eigenvalue weighted by molar-refractivity contribution is 5.90. The molecule has 0 aliphatic carbocycles. The number of esters is 1. The monoisotopic (exact) mass is 284 g/mol. The lowest BCUT2D eigenvalue weighted by atomic mass is 10.2. The molecule has 0 radical (unpaired) electrons. The van der Waals surface area contributed by atoms with Gasteiger partial charge in [-0.15, -0.1) is 0 Å². The molecule has 0 amide bonds. The summed E-state index contributed by atoms with van der Waals surface area (Å²) in [7, 11) is 1.24. The van der Waals surface area contributed by atoms with E-state index < -0.39 is 5.97 Å². The molecule has 6 heteroatoms. The fourth-order valence-corrected chi connectivity index (χ4v) is 1.75. The number of ether oxygens (including phenoxy) is 2. The first-order valence-corrected chi connectivity index (χ1v) is 6.01. The third kappa shape index (κ3) is 3.48. The van der Waals surface area contributed by atoms with Crippen molar-refractivity contribution in [1.82, 2.24) is 4.98 Å². The Labute approximate surface area is 121 Å². The van der Waals surface area contributed by atoms with Crippen LogP contribution in [0.15, 0.2) is 30.3 Å². The molecule has 2 rings (SSSR count). The summed E-state index contributed by atoms with van der Waals surface area (Å²) >= 11 is 0. The second-order valence-electron chi connectivity index (χ2n) is 4.26. The van der Waals surface area contributed by atoms with Crippen molar-refractivity contribution in [2.24, 2.45) is 0 Å². The zero-order chi connectivity index (χ0) is 15.4. The molecule has 0 spiro atoms. The number of methoxy groups -OCH3 is 1. The molecule has 0 aliphatic heterocycles. The van der Waals surface area contributed by atoms with Crippen molar-refractivity contribution in [3.05, 3.63) is 47.2 Å². The van der Waals surface area contributed by atoms with Crippen molar-refractivity contribution in [3.63, 3.8) is 0 Å². The van der Waals surface area contributed by atoms with Crippen LogP contribution in [-0.4, -0.2) is 23.2 Å². The Hall–Kier alpha value is -3.07. The number of aromatic nitrogens is 1. The Balaban J connectivity index is 2.36. The molecular weight excluding hydrogens is 272 g/mol. The van der Waals surface area contributed by atoms with Gasteiger partial charge in [0.1, 0.15) is 11.5 Å². The maximum atomic E-state index is 11.5. The van der Waals surface area contributed by atoms with Crippen LogP contribution in [0.1, 0.15) is 21.6 Å². The Morgan fingerprint density at radius 1 is 1.29 bits per heavy atom. The van der Waals surface area contributed by atoms with Gasteiger partial charge in [0, 0.05) is 17.8 Å². The average molecular weight is 284 g/mol. The summed E-state index contributed by atoms with van der Waals surface area (Å²) in [5, 5.41) is 18.5. The van der Waals surface area contributed by atoms with E-state index in [1.54, 1.807) is 13.0 Å². The fourth-order valence-electron chi connectivity index (χ4n) is 1.75. The minimum atomic E-state index is -0.592. The van der Waals surface area contributed by atoms with Crippen molar-refractivity contribution in [1.29, 1.82) is 5.26 Å². The summed E-state index contributed by atoms with van der Waals surface area (Å²) in [5.41, 5.74) is 1.18. The number of phenolic OH excluding ortho intramolecular Hbond substituents is 1. The summed E-state index contributed by atoms with van der Waals surface area (Å²) in [4.78, 5) is 15.6. The molecule has 21 heavy (non-hydrogen) atoms. The molecule has 106 valence electrons. The van der Waals surface area contributed by atoms with Crippen LogP contribution in [0.4, 0.5) is 0 Å². The number of hydrogen-bond donors (Lipinski definition) is 1. The number of carbonyl (C=O) groups is 1. The summed E-state index contributed by atoms with van der Waals surface area (Å²) in [5.74, 6) is -0.308. The number of carbonyl (C=O) groups excluding carboxylic acids is 1. The van der Waals surface area contributed by atoms with E-state index in [4.69, 9.17) is 10.00 Å². The topological polar surface area (TPSA) is 92.4 Å². The Morgan fingerprint density at radius 3 is 2.71 bits per heavy atom. The lowest BCUT2D eigenvalue weighted by Gasteiger charge is -2.08. The summed E-state index contributed by atoms with van der Waals surface area (Å²) in [6.45, 7) is 1.73. The van der Waals surface area contributed by atoms with Gasteiger partial charge in [-0.05, 0) is 25.1 Å². The molecule has 0 aliphatic rings. The number of aryl methyl sites for hydroxylation is 1. The van der Waals surface area contributed by atoms with Crippen LogP contribution in [0.5, 0.6) is 17.4 Å². The Bertz CT molecular complexity index is 735. The van der Waals surface area contributed by atoms with Gasteiger partial charge < -0.3 is 14.6 Å². The van der Waals surface area contributed by atoms with Crippen LogP contribution in [-0.2, 0) is 4.74 Å². The fraction of sp³-hybridized carbons (Fsp3) is 0.133. The van der Waals surface area contributed by atoms with Gasteiger partial charge in [0.2, 0.25) is 5.88 Å². The molecule has 0 fully saturated rings. The quantitative estimate of drug-likeness (QED) is 0.871. The number of nitriles is 1. The van der Waals surface area contributed by atoms with E-state index in [0.29, 0.717) is 11.3 Å². The van der Waals surface area contributed by atoms with E-state index in [2.05, 4.69) is 9.72 Å². The lowest BCUT2D eigenvalue weighted by molar-refractivity contribution is 0.0600. The van der Waals surface area contributed by atoms with E-state index in [1.807, 2.05) is 6.07 Å². The first kappa shape index (κ1) is 14.3. The first-order chi connectivity index (χ1) is 10.0. The van der Waals surface area contributed by atoms with Gasteiger partial charge in [-0.25, -0.2) is 9.78 Å². The second kappa shape index (κ2) is 5.92. The van der Waals surface area contributed by atoms with E-state index >= 15 is 0 Å². The Kier molecular flexibility index (Phi) is 4.05. The largest absolute Gasteiger partial charge is 0.508 e. The molecule has 0 atom stereocenters.